The van der Waals surface area contributed by atoms with Crippen LogP contribution in [-0.4, -0.2) is 37.4 Å². The van der Waals surface area contributed by atoms with Crippen molar-refractivity contribution in [3.05, 3.63) is 65.0 Å². The lowest BCUT2D eigenvalue weighted by atomic mass is 10.1. The summed E-state index contributed by atoms with van der Waals surface area (Å²) < 4.78 is 14.1. The molecule has 0 aromatic heterocycles. The lowest BCUT2D eigenvalue weighted by molar-refractivity contribution is 0.112. The predicted molar refractivity (Wildman–Crippen MR) is 90.4 cm³/mol. The number of hydrogen-bond donors (Lipinski definition) is 0. The molecule has 122 valence electrons. The van der Waals surface area contributed by atoms with Crippen LogP contribution in [0.4, 0.5) is 10.1 Å². The Labute approximate surface area is 140 Å². The van der Waals surface area contributed by atoms with Gasteiger partial charge in [0.2, 0.25) is 0 Å². The number of carbonyl (C=O) groups excluding carboxylic acids is 1. The summed E-state index contributed by atoms with van der Waals surface area (Å²) in [6.45, 7) is 3.90. The molecule has 0 N–H and O–H groups in total. The van der Waals surface area contributed by atoms with Crippen LogP contribution in [0.3, 0.4) is 0 Å². The Morgan fingerprint density at radius 2 is 1.92 bits per heavy atom. The summed E-state index contributed by atoms with van der Waals surface area (Å²) in [7, 11) is 0. The van der Waals surface area contributed by atoms with Gasteiger partial charge in [0.1, 0.15) is 12.1 Å². The Kier molecular flexibility index (Phi) is 4.88. The molecule has 5 heteroatoms. The van der Waals surface area contributed by atoms with Gasteiger partial charge in [-0.2, -0.15) is 5.26 Å². The third-order valence-electron chi connectivity index (χ3n) is 4.28. The van der Waals surface area contributed by atoms with Gasteiger partial charge in [-0.1, -0.05) is 18.2 Å². The summed E-state index contributed by atoms with van der Waals surface area (Å²) in [5, 5.41) is 8.82. The highest BCUT2D eigenvalue weighted by atomic mass is 19.1. The fraction of sp³-hybridized carbons (Fsp3) is 0.263. The van der Waals surface area contributed by atoms with Gasteiger partial charge < -0.3 is 4.90 Å². The van der Waals surface area contributed by atoms with Crippen molar-refractivity contribution in [2.24, 2.45) is 0 Å². The summed E-state index contributed by atoms with van der Waals surface area (Å²) in [6.07, 6.45) is 0.856. The fourth-order valence-electron chi connectivity index (χ4n) is 3.00. The van der Waals surface area contributed by atoms with Crippen molar-refractivity contribution in [1.82, 2.24) is 4.90 Å². The van der Waals surface area contributed by atoms with Crippen LogP contribution in [0.25, 0.3) is 0 Å². The highest BCUT2D eigenvalue weighted by Crippen LogP contribution is 2.22. The van der Waals surface area contributed by atoms with E-state index in [1.165, 1.54) is 6.07 Å². The molecule has 0 unspecified atom stereocenters. The largest absolute Gasteiger partial charge is 0.367 e. The number of aldehydes is 1. The van der Waals surface area contributed by atoms with Crippen LogP contribution >= 0.6 is 0 Å². The molecule has 0 spiro atoms. The van der Waals surface area contributed by atoms with Crippen LogP contribution in [0.15, 0.2) is 42.5 Å². The van der Waals surface area contributed by atoms with Gasteiger partial charge in [-0.25, -0.2) is 4.39 Å². The normalized spacial score (nSPS) is 15.1. The highest BCUT2D eigenvalue weighted by molar-refractivity contribution is 5.74. The minimum Gasteiger partial charge on any atom is -0.367 e. The number of nitrogens with zero attached hydrogens (tertiary/aromatic N) is 3. The summed E-state index contributed by atoms with van der Waals surface area (Å²) in [6, 6.07) is 14.2. The van der Waals surface area contributed by atoms with Gasteiger partial charge in [0.05, 0.1) is 17.3 Å². The molecular formula is C19H18FN3O. The molecule has 2 aromatic rings. The molecule has 24 heavy (non-hydrogen) atoms. The van der Waals surface area contributed by atoms with Crippen molar-refractivity contribution in [2.75, 3.05) is 31.1 Å². The predicted octanol–water partition coefficient (Wildman–Crippen LogP) is 2.83. The first kappa shape index (κ1) is 16.2. The van der Waals surface area contributed by atoms with E-state index >= 15 is 0 Å². The average Bonchev–Trinajstić information content (AvgIpc) is 2.62. The lowest BCUT2D eigenvalue weighted by Gasteiger charge is -2.36. The van der Waals surface area contributed by atoms with Gasteiger partial charge >= 0.3 is 0 Å². The standard InChI is InChI=1S/C19H18FN3O/c20-18-11-15(12-21)4-5-19(18)23-8-6-22(7-9-23)13-16-2-1-3-17(10-16)14-24/h1-5,10-11,14H,6-9,13H2. The SMILES string of the molecule is N#Cc1ccc(N2CCN(Cc3cccc(C=O)c3)CC2)c(F)c1. The number of nitriles is 1. The molecule has 0 radical (unpaired) electrons. The van der Waals surface area contributed by atoms with Crippen molar-refractivity contribution in [2.45, 2.75) is 6.54 Å². The molecule has 1 heterocycles. The quantitative estimate of drug-likeness (QED) is 0.812. The molecule has 0 amide bonds. The molecule has 1 fully saturated rings. The molecule has 2 aromatic carbocycles. The van der Waals surface area contributed by atoms with Gasteiger partial charge in [-0.15, -0.1) is 0 Å². The molecule has 1 aliphatic rings. The van der Waals surface area contributed by atoms with Crippen molar-refractivity contribution in [3.63, 3.8) is 0 Å². The maximum absolute atomic E-state index is 14.1. The molecule has 0 bridgehead atoms. The smallest absolute Gasteiger partial charge is 0.150 e. The van der Waals surface area contributed by atoms with Crippen LogP contribution in [0, 0.1) is 17.1 Å². The topological polar surface area (TPSA) is 47.3 Å². The van der Waals surface area contributed by atoms with Gasteiger partial charge in [-0.3, -0.25) is 9.69 Å². The van der Waals surface area contributed by atoms with E-state index in [1.807, 2.05) is 29.2 Å². The summed E-state index contributed by atoms with van der Waals surface area (Å²) in [5.74, 6) is -0.346. The summed E-state index contributed by atoms with van der Waals surface area (Å²) >= 11 is 0. The fourth-order valence-corrected chi connectivity index (χ4v) is 3.00. The van der Waals surface area contributed by atoms with Crippen LogP contribution in [0.5, 0.6) is 0 Å². The Morgan fingerprint density at radius 3 is 2.58 bits per heavy atom. The number of piperazine rings is 1. The molecule has 1 aliphatic heterocycles. The Balaban J connectivity index is 1.61. The highest BCUT2D eigenvalue weighted by Gasteiger charge is 2.19. The minimum atomic E-state index is -0.346. The van der Waals surface area contributed by atoms with Crippen LogP contribution < -0.4 is 4.90 Å². The zero-order valence-electron chi connectivity index (χ0n) is 13.3. The summed E-state index contributed by atoms with van der Waals surface area (Å²) in [5.41, 5.74) is 2.69. The number of carbonyl (C=O) groups is 1. The third-order valence-corrected chi connectivity index (χ3v) is 4.28. The van der Waals surface area contributed by atoms with Gasteiger partial charge in [-0.05, 0) is 29.8 Å². The second-order valence-electron chi connectivity index (χ2n) is 5.90. The lowest BCUT2D eigenvalue weighted by Crippen LogP contribution is -2.46. The second kappa shape index (κ2) is 7.24. The van der Waals surface area contributed by atoms with E-state index in [1.54, 1.807) is 18.2 Å². The van der Waals surface area contributed by atoms with Crippen LogP contribution in [0.1, 0.15) is 21.5 Å². The van der Waals surface area contributed by atoms with E-state index in [-0.39, 0.29) is 5.82 Å². The zero-order valence-corrected chi connectivity index (χ0v) is 13.3. The van der Waals surface area contributed by atoms with Gasteiger partial charge in [0.15, 0.2) is 0 Å². The molecule has 0 aliphatic carbocycles. The van der Waals surface area contributed by atoms with E-state index < -0.39 is 0 Å². The first-order valence-corrected chi connectivity index (χ1v) is 7.90. The second-order valence-corrected chi connectivity index (χ2v) is 5.90. The van der Waals surface area contributed by atoms with E-state index in [4.69, 9.17) is 5.26 Å². The van der Waals surface area contributed by atoms with Crippen molar-refractivity contribution in [3.8, 4) is 6.07 Å². The van der Waals surface area contributed by atoms with Crippen molar-refractivity contribution in [1.29, 1.82) is 5.26 Å². The molecular weight excluding hydrogens is 305 g/mol. The van der Waals surface area contributed by atoms with Crippen LogP contribution in [-0.2, 0) is 6.54 Å². The van der Waals surface area contributed by atoms with Gasteiger partial charge in [0, 0.05) is 38.3 Å². The first-order chi connectivity index (χ1) is 11.7. The third kappa shape index (κ3) is 3.61. The van der Waals surface area contributed by atoms with E-state index in [0.717, 1.165) is 44.6 Å². The van der Waals surface area contributed by atoms with Crippen LogP contribution in [0.2, 0.25) is 0 Å². The number of rotatable bonds is 4. The molecule has 0 atom stereocenters. The number of halogens is 1. The Bertz CT molecular complexity index is 776. The number of anilines is 1. The molecule has 3 rings (SSSR count). The van der Waals surface area contributed by atoms with E-state index in [0.29, 0.717) is 16.8 Å². The van der Waals surface area contributed by atoms with Crippen molar-refractivity contribution >= 4 is 12.0 Å². The minimum absolute atomic E-state index is 0.338. The Hall–Kier alpha value is -2.71. The van der Waals surface area contributed by atoms with Gasteiger partial charge in [0.25, 0.3) is 0 Å². The van der Waals surface area contributed by atoms with E-state index in [2.05, 4.69) is 4.90 Å². The molecule has 4 nitrogen and oxygen atoms in total. The summed E-state index contributed by atoms with van der Waals surface area (Å²) in [4.78, 5) is 15.2. The Morgan fingerprint density at radius 1 is 1.12 bits per heavy atom. The number of benzene rings is 2. The maximum Gasteiger partial charge on any atom is 0.150 e. The molecule has 1 saturated heterocycles. The first-order valence-electron chi connectivity index (χ1n) is 7.90. The number of hydrogen-bond acceptors (Lipinski definition) is 4. The van der Waals surface area contributed by atoms with E-state index in [9.17, 15) is 9.18 Å². The monoisotopic (exact) mass is 323 g/mol. The van der Waals surface area contributed by atoms with Crippen molar-refractivity contribution < 1.29 is 9.18 Å². The molecule has 0 saturated carbocycles. The maximum atomic E-state index is 14.1. The zero-order chi connectivity index (χ0) is 16.9. The average molecular weight is 323 g/mol.